The van der Waals surface area contributed by atoms with E-state index in [1.54, 1.807) is 0 Å². The van der Waals surface area contributed by atoms with E-state index in [-0.39, 0.29) is 17.2 Å². The van der Waals surface area contributed by atoms with Gasteiger partial charge < -0.3 is 15.2 Å². The maximum absolute atomic E-state index is 11.2. The first kappa shape index (κ1) is 11.5. The van der Waals surface area contributed by atoms with Crippen LogP contribution in [0.4, 0.5) is 0 Å². The minimum atomic E-state index is -0.960. The summed E-state index contributed by atoms with van der Waals surface area (Å²) in [5.41, 5.74) is 7.30. The number of phenolic OH excluding ortho intramolecular Hbond substituents is 1. The van der Waals surface area contributed by atoms with Crippen LogP contribution >= 0.6 is 11.3 Å². The SMILES string of the molecule is N=[N+]=NC[C@H](O)c1ccc(O)c2[nH]c(=O)sc12. The highest BCUT2D eigenvalue weighted by Gasteiger charge is 2.17. The lowest BCUT2D eigenvalue weighted by Crippen LogP contribution is -2.01. The van der Waals surface area contributed by atoms with Gasteiger partial charge in [0.2, 0.25) is 4.91 Å². The van der Waals surface area contributed by atoms with E-state index in [2.05, 4.69) is 15.0 Å². The minimum absolute atomic E-state index is 0.0450. The lowest BCUT2D eigenvalue weighted by atomic mass is 10.1. The van der Waals surface area contributed by atoms with Crippen molar-refractivity contribution in [2.75, 3.05) is 6.54 Å². The average molecular weight is 253 g/mol. The second-order valence-corrected chi connectivity index (χ2v) is 4.32. The molecule has 0 saturated heterocycles. The Balaban J connectivity index is 2.58. The first-order valence-corrected chi connectivity index (χ1v) is 5.51. The molecular formula is C9H9N4O3S+. The Kier molecular flexibility index (Phi) is 3.01. The normalized spacial score (nSPS) is 12.3. The van der Waals surface area contributed by atoms with Gasteiger partial charge in [-0.3, -0.25) is 4.79 Å². The highest BCUT2D eigenvalue weighted by atomic mass is 32.1. The number of hydrogen-bond acceptors (Lipinski definition) is 6. The molecule has 0 aliphatic heterocycles. The summed E-state index contributed by atoms with van der Waals surface area (Å²) in [4.78, 5) is 16.2. The molecule has 0 spiro atoms. The van der Waals surface area contributed by atoms with E-state index in [0.717, 1.165) is 11.3 Å². The van der Waals surface area contributed by atoms with Crippen molar-refractivity contribution in [3.05, 3.63) is 27.4 Å². The molecule has 0 saturated carbocycles. The molecule has 1 aromatic carbocycles. The van der Waals surface area contributed by atoms with Crippen molar-refractivity contribution >= 4 is 21.6 Å². The summed E-state index contributed by atoms with van der Waals surface area (Å²) in [6, 6.07) is 2.91. The molecule has 8 heteroatoms. The Morgan fingerprint density at radius 2 is 2.35 bits per heavy atom. The van der Waals surface area contributed by atoms with Crippen LogP contribution in [0.5, 0.6) is 5.75 Å². The molecule has 1 heterocycles. The number of phenols is 1. The predicted molar refractivity (Wildman–Crippen MR) is 61.2 cm³/mol. The number of aliphatic hydroxyl groups excluding tert-OH is 1. The summed E-state index contributed by atoms with van der Waals surface area (Å²) >= 11 is 0.904. The zero-order chi connectivity index (χ0) is 12.4. The third-order valence-electron chi connectivity index (χ3n) is 2.27. The Morgan fingerprint density at radius 1 is 1.59 bits per heavy atom. The van der Waals surface area contributed by atoms with Crippen molar-refractivity contribution in [2.24, 2.45) is 5.11 Å². The maximum atomic E-state index is 11.2. The highest BCUT2D eigenvalue weighted by Crippen LogP contribution is 2.31. The molecule has 1 aromatic heterocycles. The summed E-state index contributed by atoms with van der Waals surface area (Å²) in [6.45, 7) is -0.0601. The molecular weight excluding hydrogens is 244 g/mol. The van der Waals surface area contributed by atoms with Crippen LogP contribution in [0.2, 0.25) is 0 Å². The lowest BCUT2D eigenvalue weighted by molar-refractivity contribution is 0.186. The fourth-order valence-corrected chi connectivity index (χ4v) is 2.44. The van der Waals surface area contributed by atoms with E-state index in [9.17, 15) is 15.0 Å². The molecule has 4 N–H and O–H groups in total. The zero-order valence-corrected chi connectivity index (χ0v) is 9.36. The molecule has 0 aliphatic rings. The maximum Gasteiger partial charge on any atom is 0.305 e. The summed E-state index contributed by atoms with van der Waals surface area (Å²) in [6.07, 6.45) is -0.960. The molecule has 0 aliphatic carbocycles. The van der Waals surface area contributed by atoms with Crippen LogP contribution in [0.3, 0.4) is 0 Å². The van der Waals surface area contributed by atoms with Gasteiger partial charge in [-0.25, -0.2) is 0 Å². The van der Waals surface area contributed by atoms with E-state index in [1.807, 2.05) is 0 Å². The van der Waals surface area contributed by atoms with Gasteiger partial charge in [0.1, 0.15) is 28.0 Å². The molecule has 0 radical (unpaired) electrons. The van der Waals surface area contributed by atoms with Crippen LogP contribution in [0.25, 0.3) is 10.2 Å². The molecule has 0 unspecified atom stereocenters. The number of thiazole rings is 1. The number of hydrogen-bond donors (Lipinski definition) is 4. The van der Waals surface area contributed by atoms with Gasteiger partial charge in [0, 0.05) is 5.56 Å². The van der Waals surface area contributed by atoms with Crippen LogP contribution < -0.4 is 9.78 Å². The third-order valence-corrected chi connectivity index (χ3v) is 3.20. The van der Waals surface area contributed by atoms with Crippen molar-refractivity contribution in [3.63, 3.8) is 0 Å². The van der Waals surface area contributed by atoms with Gasteiger partial charge in [-0.2, -0.15) is 0 Å². The summed E-state index contributed by atoms with van der Waals surface area (Å²) in [5, 5.41) is 22.8. The molecule has 2 rings (SSSR count). The quantitative estimate of drug-likeness (QED) is 0.479. The van der Waals surface area contributed by atoms with Crippen molar-refractivity contribution < 1.29 is 10.2 Å². The van der Waals surface area contributed by atoms with Crippen LogP contribution in [-0.4, -0.2) is 21.7 Å². The first-order chi connectivity index (χ1) is 8.13. The van der Waals surface area contributed by atoms with E-state index in [0.29, 0.717) is 15.8 Å². The van der Waals surface area contributed by atoms with Gasteiger partial charge in [0.25, 0.3) is 0 Å². The van der Waals surface area contributed by atoms with E-state index in [4.69, 9.17) is 5.53 Å². The van der Waals surface area contributed by atoms with Crippen LogP contribution in [-0.2, 0) is 0 Å². The molecule has 17 heavy (non-hydrogen) atoms. The number of H-pyrrole nitrogens is 1. The number of fused-ring (bicyclic) bond motifs is 1. The molecule has 2 aromatic rings. The Bertz CT molecular complexity index is 656. The molecule has 88 valence electrons. The third kappa shape index (κ3) is 2.09. The standard InChI is InChI=1S/C9H8N4O3S/c10-13-11-3-6(15)4-1-2-5(14)7-8(4)17-9(16)12-7/h1-2,6,15H,3H2,(H2,10,11)/p+1/t6-/m0/s1. The Labute approximate surface area is 98.6 Å². The van der Waals surface area contributed by atoms with E-state index >= 15 is 0 Å². The number of nitrogens with zero attached hydrogens (tertiary/aromatic N) is 2. The minimum Gasteiger partial charge on any atom is -0.506 e. The van der Waals surface area contributed by atoms with Crippen molar-refractivity contribution in [3.8, 4) is 5.75 Å². The number of benzene rings is 1. The first-order valence-electron chi connectivity index (χ1n) is 4.69. The number of aromatic nitrogens is 1. The second-order valence-electron chi connectivity index (χ2n) is 3.33. The van der Waals surface area contributed by atoms with Crippen LogP contribution in [0.1, 0.15) is 11.7 Å². The fourth-order valence-electron chi connectivity index (χ4n) is 1.52. The van der Waals surface area contributed by atoms with Gasteiger partial charge in [0.05, 0.1) is 4.70 Å². The second kappa shape index (κ2) is 4.46. The highest BCUT2D eigenvalue weighted by molar-refractivity contribution is 7.16. The van der Waals surface area contributed by atoms with Crippen LogP contribution in [0, 0.1) is 5.53 Å². The van der Waals surface area contributed by atoms with Crippen molar-refractivity contribution in [2.45, 2.75) is 6.10 Å². The number of aliphatic hydroxyl groups is 1. The van der Waals surface area contributed by atoms with Gasteiger partial charge in [0.15, 0.2) is 6.54 Å². The summed E-state index contributed by atoms with van der Waals surface area (Å²) in [7, 11) is 0. The zero-order valence-electron chi connectivity index (χ0n) is 8.54. The van der Waals surface area contributed by atoms with Crippen LogP contribution in [0.15, 0.2) is 22.0 Å². The lowest BCUT2D eigenvalue weighted by Gasteiger charge is -2.06. The summed E-state index contributed by atoms with van der Waals surface area (Å²) in [5.74, 6) is -0.0450. The number of aromatic hydroxyl groups is 1. The molecule has 7 nitrogen and oxygen atoms in total. The molecule has 0 fully saturated rings. The van der Waals surface area contributed by atoms with E-state index < -0.39 is 6.10 Å². The number of nitrogens with one attached hydrogen (secondary N) is 2. The fraction of sp³-hybridized carbons (Fsp3) is 0.222. The van der Waals surface area contributed by atoms with Crippen molar-refractivity contribution in [1.82, 2.24) is 9.90 Å². The van der Waals surface area contributed by atoms with E-state index in [1.165, 1.54) is 12.1 Å². The Hall–Kier alpha value is -2.02. The smallest absolute Gasteiger partial charge is 0.305 e. The average Bonchev–Trinajstić information content (AvgIpc) is 2.69. The van der Waals surface area contributed by atoms with Crippen molar-refractivity contribution in [1.29, 1.82) is 5.53 Å². The topological polar surface area (TPSA) is 124 Å². The van der Waals surface area contributed by atoms with Gasteiger partial charge in [-0.15, -0.1) is 0 Å². The number of aromatic amines is 1. The molecule has 0 bridgehead atoms. The van der Waals surface area contributed by atoms with Gasteiger partial charge in [-0.1, -0.05) is 17.4 Å². The molecule has 1 atom stereocenters. The predicted octanol–water partition coefficient (Wildman–Crippen LogP) is 0.879. The Morgan fingerprint density at radius 3 is 3.06 bits per heavy atom. The number of rotatable bonds is 3. The van der Waals surface area contributed by atoms with Gasteiger partial charge in [-0.05, 0) is 6.07 Å². The van der Waals surface area contributed by atoms with Gasteiger partial charge >= 0.3 is 4.87 Å². The largest absolute Gasteiger partial charge is 0.506 e. The molecule has 0 amide bonds. The summed E-state index contributed by atoms with van der Waals surface area (Å²) < 4.78 is 0.489. The monoisotopic (exact) mass is 253 g/mol.